The van der Waals surface area contributed by atoms with Crippen molar-refractivity contribution in [3.8, 4) is 0 Å². The van der Waals surface area contributed by atoms with Crippen LogP contribution in [0.3, 0.4) is 0 Å². The molecule has 0 aromatic carbocycles. The van der Waals surface area contributed by atoms with Crippen molar-refractivity contribution in [1.29, 1.82) is 0 Å². The van der Waals surface area contributed by atoms with Gasteiger partial charge in [0.25, 0.3) is 0 Å². The van der Waals surface area contributed by atoms with Crippen molar-refractivity contribution in [3.63, 3.8) is 0 Å². The molecule has 0 saturated carbocycles. The number of aliphatic carboxylic acids is 1. The monoisotopic (exact) mass is 188 g/mol. The number of amides is 2. The molecule has 0 fully saturated rings. The Balaban J connectivity index is 4.18. The molecule has 0 rings (SSSR count). The lowest BCUT2D eigenvalue weighted by atomic mass is 10.2. The minimum Gasteiger partial charge on any atom is -0.481 e. The molecule has 0 aromatic heterocycles. The van der Waals surface area contributed by atoms with Gasteiger partial charge in [-0.3, -0.25) is 14.4 Å². The van der Waals surface area contributed by atoms with Gasteiger partial charge in [-0.1, -0.05) is 6.92 Å². The average molecular weight is 188 g/mol. The second-order valence-electron chi connectivity index (χ2n) is 2.47. The van der Waals surface area contributed by atoms with Gasteiger partial charge in [0.15, 0.2) is 0 Å². The van der Waals surface area contributed by atoms with Crippen LogP contribution in [-0.2, 0) is 14.4 Å². The number of carbonyl (C=O) groups excluding carboxylic acids is 2. The van der Waals surface area contributed by atoms with Gasteiger partial charge < -0.3 is 16.2 Å². The largest absolute Gasteiger partial charge is 0.481 e. The SMILES string of the molecule is CCC(=O)N[C@H](CC(=O)O)C(N)=O. The van der Waals surface area contributed by atoms with Crippen LogP contribution in [0.1, 0.15) is 19.8 Å². The quantitative estimate of drug-likeness (QED) is 0.505. The van der Waals surface area contributed by atoms with Gasteiger partial charge in [0.1, 0.15) is 6.04 Å². The predicted octanol–water partition coefficient (Wildman–Crippen LogP) is -1.16. The molecular formula is C7H12N2O4. The van der Waals surface area contributed by atoms with E-state index in [0.29, 0.717) is 0 Å². The molecule has 1 atom stereocenters. The normalized spacial score (nSPS) is 11.8. The van der Waals surface area contributed by atoms with E-state index in [1.807, 2.05) is 0 Å². The maximum atomic E-state index is 10.8. The molecule has 0 unspecified atom stereocenters. The van der Waals surface area contributed by atoms with E-state index in [1.54, 1.807) is 6.92 Å². The summed E-state index contributed by atoms with van der Waals surface area (Å²) in [6.07, 6.45) is -0.301. The summed E-state index contributed by atoms with van der Waals surface area (Å²) in [5.74, 6) is -2.42. The number of carboxylic acids is 1. The number of primary amides is 1. The van der Waals surface area contributed by atoms with Crippen LogP contribution in [0.15, 0.2) is 0 Å². The van der Waals surface area contributed by atoms with Gasteiger partial charge in [0.2, 0.25) is 11.8 Å². The van der Waals surface area contributed by atoms with Gasteiger partial charge in [0.05, 0.1) is 6.42 Å². The molecule has 0 aromatic rings. The van der Waals surface area contributed by atoms with E-state index in [-0.39, 0.29) is 6.42 Å². The smallest absolute Gasteiger partial charge is 0.305 e. The zero-order valence-corrected chi connectivity index (χ0v) is 7.24. The summed E-state index contributed by atoms with van der Waals surface area (Å²) in [5, 5.41) is 10.6. The molecule has 74 valence electrons. The number of carboxylic acid groups (broad SMARTS) is 1. The molecule has 6 heteroatoms. The van der Waals surface area contributed by atoms with E-state index in [1.165, 1.54) is 0 Å². The Labute approximate surface area is 75.1 Å². The highest BCUT2D eigenvalue weighted by molar-refractivity contribution is 5.89. The van der Waals surface area contributed by atoms with Crippen LogP contribution < -0.4 is 11.1 Å². The third-order valence-corrected chi connectivity index (χ3v) is 1.38. The first-order valence-corrected chi connectivity index (χ1v) is 3.77. The summed E-state index contributed by atoms with van der Waals surface area (Å²) in [5.41, 5.74) is 4.87. The van der Waals surface area contributed by atoms with E-state index in [0.717, 1.165) is 0 Å². The topological polar surface area (TPSA) is 109 Å². The van der Waals surface area contributed by atoms with Gasteiger partial charge in [-0.25, -0.2) is 0 Å². The Morgan fingerprint density at radius 1 is 1.46 bits per heavy atom. The lowest BCUT2D eigenvalue weighted by Gasteiger charge is -2.11. The first kappa shape index (κ1) is 11.4. The summed E-state index contributed by atoms with van der Waals surface area (Å²) < 4.78 is 0. The van der Waals surface area contributed by atoms with Gasteiger partial charge in [-0.2, -0.15) is 0 Å². The molecule has 0 aliphatic rings. The highest BCUT2D eigenvalue weighted by Gasteiger charge is 2.20. The van der Waals surface area contributed by atoms with Crippen molar-refractivity contribution in [2.45, 2.75) is 25.8 Å². The van der Waals surface area contributed by atoms with Crippen LogP contribution in [0.4, 0.5) is 0 Å². The lowest BCUT2D eigenvalue weighted by molar-refractivity contribution is -0.140. The number of hydrogen-bond donors (Lipinski definition) is 3. The van der Waals surface area contributed by atoms with Gasteiger partial charge in [0, 0.05) is 6.42 Å². The maximum Gasteiger partial charge on any atom is 0.305 e. The van der Waals surface area contributed by atoms with Gasteiger partial charge in [-0.05, 0) is 0 Å². The molecule has 0 saturated heterocycles. The second-order valence-corrected chi connectivity index (χ2v) is 2.47. The molecule has 2 amide bonds. The highest BCUT2D eigenvalue weighted by Crippen LogP contribution is 1.92. The number of hydrogen-bond acceptors (Lipinski definition) is 3. The Kier molecular flexibility index (Phi) is 4.50. The standard InChI is InChI=1S/C7H12N2O4/c1-2-5(10)9-4(7(8)13)3-6(11)12/h4H,2-3H2,1H3,(H2,8,13)(H,9,10)(H,11,12)/t4-/m1/s1. The fraction of sp³-hybridized carbons (Fsp3) is 0.571. The number of nitrogens with two attached hydrogens (primary N) is 1. The summed E-state index contributed by atoms with van der Waals surface area (Å²) >= 11 is 0. The molecule has 0 radical (unpaired) electrons. The molecule has 6 nitrogen and oxygen atoms in total. The van der Waals surface area contributed by atoms with Crippen LogP contribution >= 0.6 is 0 Å². The zero-order chi connectivity index (χ0) is 10.4. The number of rotatable bonds is 5. The van der Waals surface area contributed by atoms with Crippen LogP contribution in [0.25, 0.3) is 0 Å². The zero-order valence-electron chi connectivity index (χ0n) is 7.24. The summed E-state index contributed by atoms with van der Waals surface area (Å²) in [6.45, 7) is 1.59. The Bertz CT molecular complexity index is 227. The van der Waals surface area contributed by atoms with E-state index in [9.17, 15) is 14.4 Å². The fourth-order valence-electron chi connectivity index (χ4n) is 0.694. The van der Waals surface area contributed by atoms with Crippen LogP contribution in [0.5, 0.6) is 0 Å². The summed E-state index contributed by atoms with van der Waals surface area (Å²) in [4.78, 5) is 31.7. The van der Waals surface area contributed by atoms with Crippen LogP contribution in [0.2, 0.25) is 0 Å². The minimum absolute atomic E-state index is 0.184. The predicted molar refractivity (Wildman–Crippen MR) is 43.7 cm³/mol. The Morgan fingerprint density at radius 2 is 2.00 bits per heavy atom. The minimum atomic E-state index is -1.18. The van der Waals surface area contributed by atoms with Gasteiger partial charge in [-0.15, -0.1) is 0 Å². The van der Waals surface area contributed by atoms with Crippen LogP contribution in [-0.4, -0.2) is 28.9 Å². The van der Waals surface area contributed by atoms with E-state index >= 15 is 0 Å². The molecule has 0 aliphatic carbocycles. The third-order valence-electron chi connectivity index (χ3n) is 1.38. The first-order valence-electron chi connectivity index (χ1n) is 3.77. The van der Waals surface area contributed by atoms with Crippen molar-refractivity contribution >= 4 is 17.8 Å². The lowest BCUT2D eigenvalue weighted by Crippen LogP contribution is -2.45. The summed E-state index contributed by atoms with van der Waals surface area (Å²) in [6, 6.07) is -1.12. The summed E-state index contributed by atoms with van der Waals surface area (Å²) in [7, 11) is 0. The van der Waals surface area contributed by atoms with E-state index < -0.39 is 30.2 Å². The number of carbonyl (C=O) groups is 3. The van der Waals surface area contributed by atoms with E-state index in [4.69, 9.17) is 10.8 Å². The average Bonchev–Trinajstić information content (AvgIpc) is 2.02. The van der Waals surface area contributed by atoms with Crippen molar-refractivity contribution < 1.29 is 19.5 Å². The molecule has 0 heterocycles. The van der Waals surface area contributed by atoms with Crippen molar-refractivity contribution in [2.24, 2.45) is 5.73 Å². The first-order chi connectivity index (χ1) is 5.97. The number of nitrogens with one attached hydrogen (secondary N) is 1. The van der Waals surface area contributed by atoms with Crippen molar-refractivity contribution in [3.05, 3.63) is 0 Å². The Morgan fingerprint density at radius 3 is 2.31 bits per heavy atom. The Hall–Kier alpha value is -1.59. The molecule has 0 bridgehead atoms. The molecule has 0 spiro atoms. The maximum absolute atomic E-state index is 10.8. The second kappa shape index (κ2) is 5.13. The fourth-order valence-corrected chi connectivity index (χ4v) is 0.694. The third kappa shape index (κ3) is 4.78. The molecule has 4 N–H and O–H groups in total. The molecule has 0 aliphatic heterocycles. The van der Waals surface area contributed by atoms with Crippen LogP contribution in [0, 0.1) is 0 Å². The van der Waals surface area contributed by atoms with Crippen molar-refractivity contribution in [2.75, 3.05) is 0 Å². The van der Waals surface area contributed by atoms with Crippen molar-refractivity contribution in [1.82, 2.24) is 5.32 Å². The van der Waals surface area contributed by atoms with E-state index in [2.05, 4.69) is 5.32 Å². The molecular weight excluding hydrogens is 176 g/mol. The molecule has 13 heavy (non-hydrogen) atoms. The highest BCUT2D eigenvalue weighted by atomic mass is 16.4. The van der Waals surface area contributed by atoms with Gasteiger partial charge >= 0.3 is 5.97 Å².